The van der Waals surface area contributed by atoms with Gasteiger partial charge < -0.3 is 19.7 Å². The van der Waals surface area contributed by atoms with Crippen LogP contribution in [0.3, 0.4) is 0 Å². The van der Waals surface area contributed by atoms with E-state index in [1.807, 2.05) is 72.8 Å². The fourth-order valence-electron chi connectivity index (χ4n) is 3.75. The summed E-state index contributed by atoms with van der Waals surface area (Å²) in [5.41, 5.74) is 5.64. The predicted molar refractivity (Wildman–Crippen MR) is 164 cm³/mol. The Morgan fingerprint density at radius 1 is 0.550 bits per heavy atom. The van der Waals surface area contributed by atoms with E-state index in [0.29, 0.717) is 13.1 Å². The van der Waals surface area contributed by atoms with Crippen LogP contribution in [0, 0.1) is 0 Å². The number of benzene rings is 4. The SMILES string of the molecule is C=CCN=C(c1ccc(O)cc1)c1ccc(O)cc1.C=CCN=C(c1ccc(OC)cc1)c1ccc(OC)cc1. The van der Waals surface area contributed by atoms with Crippen molar-refractivity contribution in [2.24, 2.45) is 9.98 Å². The van der Waals surface area contributed by atoms with Crippen molar-refractivity contribution < 1.29 is 19.7 Å². The van der Waals surface area contributed by atoms with Gasteiger partial charge in [-0.2, -0.15) is 0 Å². The number of aromatic hydroxyl groups is 2. The molecule has 0 spiro atoms. The van der Waals surface area contributed by atoms with E-state index in [0.717, 1.165) is 45.2 Å². The topological polar surface area (TPSA) is 83.6 Å². The Hall–Kier alpha value is -5.10. The summed E-state index contributed by atoms with van der Waals surface area (Å²) in [6.45, 7) is 8.48. The molecule has 0 amide bonds. The number of hydrogen-bond donors (Lipinski definition) is 2. The maximum absolute atomic E-state index is 9.33. The number of phenols is 2. The van der Waals surface area contributed by atoms with E-state index in [9.17, 15) is 10.2 Å². The van der Waals surface area contributed by atoms with Crippen molar-refractivity contribution in [2.45, 2.75) is 0 Å². The summed E-state index contributed by atoms with van der Waals surface area (Å²) in [5.74, 6) is 2.10. The van der Waals surface area contributed by atoms with Gasteiger partial charge in [-0.05, 0) is 97.1 Å². The molecule has 0 heterocycles. The molecule has 0 aliphatic heterocycles. The van der Waals surface area contributed by atoms with Crippen LogP contribution >= 0.6 is 0 Å². The van der Waals surface area contributed by atoms with Crippen molar-refractivity contribution in [2.75, 3.05) is 27.3 Å². The lowest BCUT2D eigenvalue weighted by molar-refractivity contribution is 0.414. The Morgan fingerprint density at radius 3 is 1.07 bits per heavy atom. The second kappa shape index (κ2) is 15.3. The predicted octanol–water partition coefficient (Wildman–Crippen LogP) is 6.85. The smallest absolute Gasteiger partial charge is 0.118 e. The van der Waals surface area contributed by atoms with Gasteiger partial charge in [-0.1, -0.05) is 12.2 Å². The van der Waals surface area contributed by atoms with Gasteiger partial charge in [0.2, 0.25) is 0 Å². The van der Waals surface area contributed by atoms with Gasteiger partial charge in [-0.25, -0.2) is 0 Å². The highest BCUT2D eigenvalue weighted by atomic mass is 16.5. The van der Waals surface area contributed by atoms with Crippen molar-refractivity contribution in [3.63, 3.8) is 0 Å². The zero-order chi connectivity index (χ0) is 28.7. The van der Waals surface area contributed by atoms with E-state index in [2.05, 4.69) is 23.1 Å². The highest BCUT2D eigenvalue weighted by molar-refractivity contribution is 6.13. The van der Waals surface area contributed by atoms with Gasteiger partial charge in [-0.3, -0.25) is 9.98 Å². The number of nitrogens with zero attached hydrogens (tertiary/aromatic N) is 2. The molecule has 0 radical (unpaired) electrons. The van der Waals surface area contributed by atoms with Crippen molar-refractivity contribution in [3.8, 4) is 23.0 Å². The lowest BCUT2D eigenvalue weighted by Gasteiger charge is -2.09. The van der Waals surface area contributed by atoms with Gasteiger partial charge in [0.1, 0.15) is 23.0 Å². The molecule has 0 unspecified atom stereocenters. The second-order valence-electron chi connectivity index (χ2n) is 8.51. The highest BCUT2D eigenvalue weighted by Gasteiger charge is 2.08. The Balaban J connectivity index is 0.000000222. The number of rotatable bonds is 10. The molecule has 0 bridgehead atoms. The molecule has 4 aromatic carbocycles. The van der Waals surface area contributed by atoms with Crippen molar-refractivity contribution >= 4 is 11.4 Å². The van der Waals surface area contributed by atoms with Crippen LogP contribution in [0.4, 0.5) is 0 Å². The Morgan fingerprint density at radius 2 is 0.825 bits per heavy atom. The Kier molecular flexibility index (Phi) is 11.3. The summed E-state index contributed by atoms with van der Waals surface area (Å²) >= 11 is 0. The minimum Gasteiger partial charge on any atom is -0.508 e. The third-order valence-electron chi connectivity index (χ3n) is 5.77. The van der Waals surface area contributed by atoms with E-state index >= 15 is 0 Å². The fourth-order valence-corrected chi connectivity index (χ4v) is 3.75. The summed E-state index contributed by atoms with van der Waals surface area (Å²) in [6.07, 6.45) is 3.51. The van der Waals surface area contributed by atoms with Gasteiger partial charge in [-0.15, -0.1) is 13.2 Å². The van der Waals surface area contributed by atoms with Gasteiger partial charge in [0.15, 0.2) is 0 Å². The molecule has 2 N–H and O–H groups in total. The van der Waals surface area contributed by atoms with E-state index < -0.39 is 0 Å². The van der Waals surface area contributed by atoms with Crippen LogP contribution in [0.25, 0.3) is 0 Å². The van der Waals surface area contributed by atoms with Crippen LogP contribution in [0.5, 0.6) is 23.0 Å². The molecule has 40 heavy (non-hydrogen) atoms. The van der Waals surface area contributed by atoms with E-state index in [1.165, 1.54) is 0 Å². The summed E-state index contributed by atoms with van der Waals surface area (Å²) < 4.78 is 10.4. The molecule has 0 saturated heterocycles. The van der Waals surface area contributed by atoms with E-state index in [4.69, 9.17) is 9.47 Å². The van der Waals surface area contributed by atoms with Crippen molar-refractivity contribution in [1.82, 2.24) is 0 Å². The molecule has 0 aromatic heterocycles. The van der Waals surface area contributed by atoms with E-state index in [1.54, 1.807) is 50.6 Å². The minimum absolute atomic E-state index is 0.220. The average Bonchev–Trinajstić information content (AvgIpc) is 3.00. The molecule has 0 aliphatic rings. The van der Waals surface area contributed by atoms with Gasteiger partial charge >= 0.3 is 0 Å². The van der Waals surface area contributed by atoms with Gasteiger partial charge in [0, 0.05) is 22.3 Å². The first-order chi connectivity index (χ1) is 19.5. The Labute approximate surface area is 235 Å². The summed E-state index contributed by atoms with van der Waals surface area (Å²) in [7, 11) is 3.32. The monoisotopic (exact) mass is 534 g/mol. The zero-order valence-electron chi connectivity index (χ0n) is 22.8. The number of phenolic OH excluding ortho intramolecular Hbond substituents is 2. The number of aliphatic imine (C=N–C) groups is 2. The molecule has 4 rings (SSSR count). The maximum Gasteiger partial charge on any atom is 0.118 e. The van der Waals surface area contributed by atoms with E-state index in [-0.39, 0.29) is 11.5 Å². The van der Waals surface area contributed by atoms with Crippen LogP contribution in [0.2, 0.25) is 0 Å². The van der Waals surface area contributed by atoms with Gasteiger partial charge in [0.05, 0.1) is 38.7 Å². The first kappa shape index (κ1) is 29.5. The van der Waals surface area contributed by atoms with Crippen LogP contribution in [0.1, 0.15) is 22.3 Å². The molecular formula is C34H34N2O4. The quantitative estimate of drug-likeness (QED) is 0.172. The first-order valence-electron chi connectivity index (χ1n) is 12.7. The summed E-state index contributed by atoms with van der Waals surface area (Å²) in [6, 6.07) is 29.5. The maximum atomic E-state index is 9.33. The first-order valence-corrected chi connectivity index (χ1v) is 12.7. The van der Waals surface area contributed by atoms with Crippen LogP contribution in [-0.4, -0.2) is 48.9 Å². The number of ether oxygens (including phenoxy) is 2. The molecule has 0 atom stereocenters. The number of hydrogen-bond acceptors (Lipinski definition) is 6. The van der Waals surface area contributed by atoms with Crippen molar-refractivity contribution in [1.29, 1.82) is 0 Å². The largest absolute Gasteiger partial charge is 0.508 e. The normalized spacial score (nSPS) is 9.85. The lowest BCUT2D eigenvalue weighted by Crippen LogP contribution is -2.04. The third-order valence-corrected chi connectivity index (χ3v) is 5.77. The molecule has 4 aromatic rings. The summed E-state index contributed by atoms with van der Waals surface area (Å²) in [5, 5.41) is 18.7. The summed E-state index contributed by atoms with van der Waals surface area (Å²) in [4.78, 5) is 9.09. The van der Waals surface area contributed by atoms with Crippen LogP contribution in [-0.2, 0) is 0 Å². The van der Waals surface area contributed by atoms with Crippen molar-refractivity contribution in [3.05, 3.63) is 145 Å². The lowest BCUT2D eigenvalue weighted by atomic mass is 10.0. The average molecular weight is 535 g/mol. The van der Waals surface area contributed by atoms with Crippen LogP contribution < -0.4 is 9.47 Å². The molecule has 204 valence electrons. The molecule has 6 heteroatoms. The van der Waals surface area contributed by atoms with Gasteiger partial charge in [0.25, 0.3) is 0 Å². The molecular weight excluding hydrogens is 500 g/mol. The fraction of sp³-hybridized carbons (Fsp3) is 0.118. The number of methoxy groups -OCH3 is 2. The molecule has 0 fully saturated rings. The van der Waals surface area contributed by atoms with Crippen LogP contribution in [0.15, 0.2) is 132 Å². The Bertz CT molecular complexity index is 1320. The molecule has 0 saturated carbocycles. The second-order valence-corrected chi connectivity index (χ2v) is 8.51. The molecule has 0 aliphatic carbocycles. The highest BCUT2D eigenvalue weighted by Crippen LogP contribution is 2.19. The standard InChI is InChI=1S/C18H19NO2.C16H15NO2/c1-4-13-19-18(14-5-9-16(20-2)10-6-14)15-7-11-17(21-3)12-8-15;1-2-11-17-16(12-3-7-14(18)8-4-12)13-5-9-15(19)10-6-13/h4-12H,1,13H2,2-3H3;2-10,18-19H,1,11H2. The zero-order valence-corrected chi connectivity index (χ0v) is 22.8. The molecule has 6 nitrogen and oxygen atoms in total. The third kappa shape index (κ3) is 8.46. The minimum atomic E-state index is 0.220.